The van der Waals surface area contributed by atoms with E-state index in [1.165, 1.54) is 24.1 Å². The highest BCUT2D eigenvalue weighted by Gasteiger charge is 2.36. The molecule has 0 saturated carbocycles. The van der Waals surface area contributed by atoms with Gasteiger partial charge in [0.2, 0.25) is 0 Å². The first-order valence-electron chi connectivity index (χ1n) is 12.5. The number of carbonyl (C=O) groups is 1. The summed E-state index contributed by atoms with van der Waals surface area (Å²) in [5, 5.41) is 0. The van der Waals surface area contributed by atoms with Crippen molar-refractivity contribution in [1.82, 2.24) is 14.9 Å². The van der Waals surface area contributed by atoms with Crippen LogP contribution in [0, 0.1) is 17.5 Å². The summed E-state index contributed by atoms with van der Waals surface area (Å²) in [6.45, 7) is 8.48. The quantitative estimate of drug-likeness (QED) is 0.443. The molecule has 2 N–H and O–H groups in total. The summed E-state index contributed by atoms with van der Waals surface area (Å²) in [5.41, 5.74) is 6.24. The predicted molar refractivity (Wildman–Crippen MR) is 139 cm³/mol. The molecule has 0 aliphatic carbocycles. The van der Waals surface area contributed by atoms with Crippen molar-refractivity contribution in [2.45, 2.75) is 58.7 Å². The summed E-state index contributed by atoms with van der Waals surface area (Å²) < 4.78 is 50.8. The molecule has 7 nitrogen and oxygen atoms in total. The van der Waals surface area contributed by atoms with E-state index in [-0.39, 0.29) is 41.8 Å². The number of benzene rings is 2. The van der Waals surface area contributed by atoms with Gasteiger partial charge in [0.15, 0.2) is 17.4 Å². The predicted octanol–water partition coefficient (Wildman–Crippen LogP) is 5.44. The average molecular weight is 528 g/mol. The summed E-state index contributed by atoms with van der Waals surface area (Å²) in [4.78, 5) is 22.9. The van der Waals surface area contributed by atoms with Crippen LogP contribution in [0.4, 0.5) is 23.7 Å². The number of ether oxygens (including phenoxy) is 1. The van der Waals surface area contributed by atoms with E-state index in [2.05, 4.69) is 28.7 Å². The molecule has 38 heavy (non-hydrogen) atoms. The molecule has 0 saturated heterocycles. The summed E-state index contributed by atoms with van der Waals surface area (Å²) >= 11 is 0. The Morgan fingerprint density at radius 3 is 2.58 bits per heavy atom. The van der Waals surface area contributed by atoms with Crippen LogP contribution in [0.2, 0.25) is 0 Å². The third-order valence-corrected chi connectivity index (χ3v) is 6.72. The molecular formula is C28H32F3N5O2. The van der Waals surface area contributed by atoms with Crippen LogP contribution in [0.3, 0.4) is 0 Å². The molecule has 0 spiro atoms. The molecule has 10 heteroatoms. The number of halogens is 3. The van der Waals surface area contributed by atoms with E-state index in [9.17, 15) is 13.6 Å². The minimum atomic E-state index is -0.698. The highest BCUT2D eigenvalue weighted by molar-refractivity contribution is 5.73. The number of amides is 2. The zero-order chi connectivity index (χ0) is 27.8. The van der Waals surface area contributed by atoms with Gasteiger partial charge in [0.05, 0.1) is 18.4 Å². The van der Waals surface area contributed by atoms with Crippen LogP contribution < -0.4 is 15.4 Å². The number of hydrogen-bond donors (Lipinski definition) is 1. The maximum atomic E-state index is 15.3. The summed E-state index contributed by atoms with van der Waals surface area (Å²) in [5.74, 6) is -1.43. The van der Waals surface area contributed by atoms with E-state index >= 15 is 4.39 Å². The van der Waals surface area contributed by atoms with Gasteiger partial charge in [0.25, 0.3) is 0 Å². The first kappa shape index (κ1) is 27.2. The van der Waals surface area contributed by atoms with Crippen molar-refractivity contribution < 1.29 is 22.7 Å². The molecule has 0 fully saturated rings. The van der Waals surface area contributed by atoms with E-state index in [0.717, 1.165) is 12.6 Å². The van der Waals surface area contributed by atoms with Gasteiger partial charge in [-0.15, -0.1) is 0 Å². The Morgan fingerprint density at radius 2 is 1.92 bits per heavy atom. The van der Waals surface area contributed by atoms with Crippen molar-refractivity contribution >= 4 is 11.7 Å². The Bertz CT molecular complexity index is 1360. The van der Waals surface area contributed by atoms with Crippen molar-refractivity contribution in [3.05, 3.63) is 70.9 Å². The second kappa shape index (κ2) is 10.5. The Kier molecular flexibility index (Phi) is 7.53. The molecule has 4 rings (SSSR count). The van der Waals surface area contributed by atoms with Gasteiger partial charge in [-0.05, 0) is 51.0 Å². The molecule has 0 radical (unpaired) electrons. The third-order valence-electron chi connectivity index (χ3n) is 6.72. The summed E-state index contributed by atoms with van der Waals surface area (Å²) in [6.07, 6.45) is 2.00. The van der Waals surface area contributed by atoms with Crippen molar-refractivity contribution in [2.75, 3.05) is 18.5 Å². The Morgan fingerprint density at radius 1 is 1.18 bits per heavy atom. The zero-order valence-electron chi connectivity index (χ0n) is 22.2. The fourth-order valence-corrected chi connectivity index (χ4v) is 4.48. The fourth-order valence-electron chi connectivity index (χ4n) is 4.48. The van der Waals surface area contributed by atoms with E-state index in [0.29, 0.717) is 23.4 Å². The van der Waals surface area contributed by atoms with Gasteiger partial charge in [-0.2, -0.15) is 0 Å². The number of aromatic nitrogens is 2. The van der Waals surface area contributed by atoms with Gasteiger partial charge < -0.3 is 20.3 Å². The molecule has 1 aliphatic rings. The summed E-state index contributed by atoms with van der Waals surface area (Å²) in [7, 11) is 1.47. The number of urea groups is 1. The van der Waals surface area contributed by atoms with Crippen LogP contribution in [0.15, 0.2) is 36.5 Å². The second-order valence-corrected chi connectivity index (χ2v) is 10.3. The molecule has 3 aromatic rings. The molecule has 1 atom stereocenters. The Hall–Kier alpha value is -3.82. The molecule has 2 heterocycles. The van der Waals surface area contributed by atoms with Gasteiger partial charge in [-0.3, -0.25) is 0 Å². The minimum absolute atomic E-state index is 0.0249. The number of anilines is 1. The van der Waals surface area contributed by atoms with E-state index in [1.807, 2.05) is 13.8 Å². The first-order chi connectivity index (χ1) is 17.9. The van der Waals surface area contributed by atoms with Crippen LogP contribution in [-0.2, 0) is 13.0 Å². The maximum absolute atomic E-state index is 15.3. The van der Waals surface area contributed by atoms with Crippen LogP contribution in [0.5, 0.6) is 5.75 Å². The molecule has 1 aromatic heterocycles. The third kappa shape index (κ3) is 5.69. The largest absolute Gasteiger partial charge is 0.481 e. The Balaban J connectivity index is 1.66. The number of rotatable bonds is 7. The molecular weight excluding hydrogens is 495 g/mol. The number of hydrogen-bond acceptors (Lipinski definition) is 5. The minimum Gasteiger partial charge on any atom is -0.481 e. The maximum Gasteiger partial charge on any atom is 0.314 e. The first-order valence-corrected chi connectivity index (χ1v) is 12.5. The van der Waals surface area contributed by atoms with Crippen molar-refractivity contribution in [3.63, 3.8) is 0 Å². The van der Waals surface area contributed by atoms with Crippen LogP contribution >= 0.6 is 0 Å². The van der Waals surface area contributed by atoms with Crippen molar-refractivity contribution in [3.8, 4) is 17.0 Å². The van der Waals surface area contributed by atoms with E-state index in [4.69, 9.17) is 10.5 Å². The lowest BCUT2D eigenvalue weighted by molar-refractivity contribution is 0.0960. The molecule has 1 aliphatic heterocycles. The molecule has 0 bridgehead atoms. The molecule has 202 valence electrons. The van der Waals surface area contributed by atoms with Crippen LogP contribution in [0.25, 0.3) is 11.3 Å². The standard InChI is InChI=1S/C28H32F3N5O2/c1-6-16(2)36-15-28(3,4)38-26-21(30)11-19(12-23(26)36)25-22(31)13-33-24(34-25)10-17-7-8-18(20(29)9-17)14-35(5)27(32)37/h7-9,11-13,16H,6,10,14-15H2,1-5H3,(H2,32,37). The average Bonchev–Trinajstić information content (AvgIpc) is 2.85. The zero-order valence-corrected chi connectivity index (χ0v) is 22.2. The normalized spacial score (nSPS) is 15.0. The van der Waals surface area contributed by atoms with Crippen molar-refractivity contribution in [1.29, 1.82) is 0 Å². The Labute approximate surface area is 220 Å². The lowest BCUT2D eigenvalue weighted by atomic mass is 10.00. The van der Waals surface area contributed by atoms with E-state index in [1.54, 1.807) is 18.2 Å². The SMILES string of the molecule is CCC(C)N1CC(C)(C)Oc2c(F)cc(-c3nc(Cc4ccc(CN(C)C(N)=O)c(F)c4)ncc3F)cc21. The van der Waals surface area contributed by atoms with Gasteiger partial charge in [0.1, 0.15) is 22.9 Å². The van der Waals surface area contributed by atoms with Gasteiger partial charge in [0, 0.05) is 37.2 Å². The molecule has 1 unspecified atom stereocenters. The smallest absolute Gasteiger partial charge is 0.314 e. The van der Waals surface area contributed by atoms with E-state index < -0.39 is 29.1 Å². The topological polar surface area (TPSA) is 84.6 Å². The van der Waals surface area contributed by atoms with Crippen LogP contribution in [-0.4, -0.2) is 46.1 Å². The number of nitrogens with two attached hydrogens (primary N) is 1. The molecule has 2 amide bonds. The van der Waals surface area contributed by atoms with Gasteiger partial charge >= 0.3 is 6.03 Å². The second-order valence-electron chi connectivity index (χ2n) is 10.3. The number of fused-ring (bicyclic) bond motifs is 1. The van der Waals surface area contributed by atoms with Gasteiger partial charge in [-0.25, -0.2) is 27.9 Å². The highest BCUT2D eigenvalue weighted by atomic mass is 19.1. The van der Waals surface area contributed by atoms with Crippen LogP contribution in [0.1, 0.15) is 51.1 Å². The van der Waals surface area contributed by atoms with Crippen molar-refractivity contribution in [2.24, 2.45) is 5.73 Å². The fraction of sp³-hybridized carbons (Fsp3) is 0.393. The highest BCUT2D eigenvalue weighted by Crippen LogP contribution is 2.43. The number of nitrogens with zero attached hydrogens (tertiary/aromatic N) is 4. The lowest BCUT2D eigenvalue weighted by Gasteiger charge is -2.44. The number of carbonyl (C=O) groups excluding carboxylic acids is 1. The number of primary amides is 1. The summed E-state index contributed by atoms with van der Waals surface area (Å²) in [6, 6.07) is 6.91. The monoisotopic (exact) mass is 527 g/mol. The molecule has 2 aromatic carbocycles. The lowest BCUT2D eigenvalue weighted by Crippen LogP contribution is -2.50. The van der Waals surface area contributed by atoms with Gasteiger partial charge in [-0.1, -0.05) is 19.1 Å².